The van der Waals surface area contributed by atoms with Crippen LogP contribution in [0.2, 0.25) is 0 Å². The second kappa shape index (κ2) is 9.79. The van der Waals surface area contributed by atoms with E-state index in [1.54, 1.807) is 36.7 Å². The Morgan fingerprint density at radius 1 is 1.19 bits per heavy atom. The summed E-state index contributed by atoms with van der Waals surface area (Å²) in [5.41, 5.74) is 7.48. The molecule has 0 radical (unpaired) electrons. The number of carbonyl (C=O) groups excluding carboxylic acids is 1. The van der Waals surface area contributed by atoms with Crippen LogP contribution in [-0.4, -0.2) is 56.4 Å². The van der Waals surface area contributed by atoms with Crippen molar-refractivity contribution < 1.29 is 22.7 Å². The maximum atomic E-state index is 13.0. The van der Waals surface area contributed by atoms with Crippen molar-refractivity contribution in [3.05, 3.63) is 71.9 Å². The number of alkyl halides is 3. The molecule has 192 valence electrons. The zero-order chi connectivity index (χ0) is 26.2. The Morgan fingerprint density at radius 2 is 1.97 bits per heavy atom. The predicted molar refractivity (Wildman–Crippen MR) is 131 cm³/mol. The maximum Gasteiger partial charge on any atom is 0.416 e. The molecule has 0 bridgehead atoms. The van der Waals surface area contributed by atoms with Crippen LogP contribution in [0.3, 0.4) is 0 Å². The summed E-state index contributed by atoms with van der Waals surface area (Å²) in [5, 5.41) is 2.40. The van der Waals surface area contributed by atoms with Gasteiger partial charge in [-0.2, -0.15) is 13.2 Å². The predicted octanol–water partition coefficient (Wildman–Crippen LogP) is 4.04. The number of amides is 1. The molecule has 4 aromatic rings. The number of pyridine rings is 1. The van der Waals surface area contributed by atoms with Crippen molar-refractivity contribution in [1.82, 2.24) is 24.3 Å². The average molecular weight is 512 g/mol. The molecule has 12 heteroatoms. The van der Waals surface area contributed by atoms with Crippen molar-refractivity contribution in [3.63, 3.8) is 0 Å². The van der Waals surface area contributed by atoms with Crippen LogP contribution in [0.5, 0.6) is 0 Å². The zero-order valence-corrected chi connectivity index (χ0v) is 19.9. The molecule has 9 nitrogen and oxygen atoms in total. The summed E-state index contributed by atoms with van der Waals surface area (Å²) in [4.78, 5) is 27.8. The number of nitrogens with two attached hydrogens (primary N) is 1. The molecule has 3 aromatic heterocycles. The number of benzene rings is 1. The number of hydrogen-bond donors (Lipinski definition) is 2. The highest BCUT2D eigenvalue weighted by Gasteiger charge is 2.31. The van der Waals surface area contributed by atoms with Crippen molar-refractivity contribution >= 4 is 23.1 Å². The van der Waals surface area contributed by atoms with Gasteiger partial charge in [-0.1, -0.05) is 19.1 Å². The Balaban J connectivity index is 1.43. The van der Waals surface area contributed by atoms with Crippen molar-refractivity contribution in [2.75, 3.05) is 37.3 Å². The summed E-state index contributed by atoms with van der Waals surface area (Å²) in [6.45, 7) is 5.14. The molecule has 0 aliphatic carbocycles. The summed E-state index contributed by atoms with van der Waals surface area (Å²) in [5.74, 6) is 0.220. The number of nitrogen functional groups attached to an aromatic ring is 1. The van der Waals surface area contributed by atoms with E-state index < -0.39 is 17.6 Å². The highest BCUT2D eigenvalue weighted by molar-refractivity contribution is 6.04. The van der Waals surface area contributed by atoms with E-state index in [1.165, 1.54) is 0 Å². The fourth-order valence-electron chi connectivity index (χ4n) is 4.30. The largest absolute Gasteiger partial charge is 0.416 e. The van der Waals surface area contributed by atoms with Gasteiger partial charge in [-0.15, -0.1) is 0 Å². The van der Waals surface area contributed by atoms with E-state index in [0.717, 1.165) is 31.4 Å². The third-order valence-corrected chi connectivity index (χ3v) is 6.25. The van der Waals surface area contributed by atoms with Gasteiger partial charge >= 0.3 is 6.18 Å². The number of morpholine rings is 1. The highest BCUT2D eigenvalue weighted by atomic mass is 19.4. The molecule has 3 N–H and O–H groups in total. The van der Waals surface area contributed by atoms with Gasteiger partial charge in [-0.05, 0) is 30.8 Å². The highest BCUT2D eigenvalue weighted by Crippen LogP contribution is 2.33. The number of ether oxygens (including phenoxy) is 1. The minimum atomic E-state index is -4.54. The van der Waals surface area contributed by atoms with Crippen molar-refractivity contribution in [2.24, 2.45) is 0 Å². The molecule has 5 rings (SSSR count). The molecule has 0 spiro atoms. The van der Waals surface area contributed by atoms with Gasteiger partial charge in [-0.25, -0.2) is 15.0 Å². The van der Waals surface area contributed by atoms with E-state index in [2.05, 4.69) is 27.1 Å². The van der Waals surface area contributed by atoms with Gasteiger partial charge in [0.1, 0.15) is 34.8 Å². The molecule has 1 saturated heterocycles. The summed E-state index contributed by atoms with van der Waals surface area (Å²) in [6, 6.07) is 8.15. The van der Waals surface area contributed by atoms with Gasteiger partial charge < -0.3 is 15.8 Å². The number of halogens is 3. The third kappa shape index (κ3) is 4.98. The average Bonchev–Trinajstić information content (AvgIpc) is 3.29. The molecule has 1 atom stereocenters. The smallest absolute Gasteiger partial charge is 0.382 e. The Hall–Kier alpha value is -4.03. The number of carbonyl (C=O) groups is 1. The van der Waals surface area contributed by atoms with Crippen LogP contribution in [-0.2, 0) is 10.9 Å². The Morgan fingerprint density at radius 3 is 2.70 bits per heavy atom. The van der Waals surface area contributed by atoms with Crippen LogP contribution < -0.4 is 11.1 Å². The number of imidazole rings is 1. The molecule has 0 unspecified atom stereocenters. The summed E-state index contributed by atoms with van der Waals surface area (Å²) in [6.07, 6.45) is -0.397. The molecule has 1 aliphatic heterocycles. The number of likely N-dealkylation sites (N-methyl/N-ethyl adjacent to an activating group) is 1. The quantitative estimate of drug-likeness (QED) is 0.416. The lowest BCUT2D eigenvalue weighted by atomic mass is 10.1. The maximum absolute atomic E-state index is 13.0. The molecular formula is C25H24F3N7O2. The number of fused-ring (bicyclic) bond motifs is 1. The molecule has 0 saturated carbocycles. The Kier molecular flexibility index (Phi) is 6.52. The molecule has 1 fully saturated rings. The SMILES string of the molecule is CCN1CCO[C@H](c2nc(-c3ccc(C(=O)Nc4cc(C(F)(F)F)ccn4)cc3)c3c(N)nccn23)C1. The van der Waals surface area contributed by atoms with Gasteiger partial charge in [0, 0.05) is 42.8 Å². The topological polar surface area (TPSA) is 111 Å². The summed E-state index contributed by atoms with van der Waals surface area (Å²) >= 11 is 0. The summed E-state index contributed by atoms with van der Waals surface area (Å²) < 4.78 is 46.8. The van der Waals surface area contributed by atoms with Crippen molar-refractivity contribution in [1.29, 1.82) is 0 Å². The van der Waals surface area contributed by atoms with Crippen LogP contribution >= 0.6 is 0 Å². The number of aromatic nitrogens is 4. The lowest BCUT2D eigenvalue weighted by molar-refractivity contribution is -0.137. The van der Waals surface area contributed by atoms with Crippen molar-refractivity contribution in [2.45, 2.75) is 19.2 Å². The van der Waals surface area contributed by atoms with Gasteiger partial charge in [0.25, 0.3) is 5.91 Å². The number of anilines is 2. The molecule has 37 heavy (non-hydrogen) atoms. The first kappa shape index (κ1) is 24.7. The Labute approximate surface area is 210 Å². The first-order valence-electron chi connectivity index (χ1n) is 11.7. The molecular weight excluding hydrogens is 487 g/mol. The standard InChI is InChI=1S/C25H24F3N7O2/c1-2-34-11-12-37-18(14-34)23-33-20(21-22(29)31-9-10-35(21)23)15-3-5-16(6-4-15)24(36)32-19-13-17(7-8-30-19)25(26,27)28/h3-10,13,18H,2,11-12,14H2,1H3,(H2,29,31)(H,30,32,36)/t18-/m0/s1. The second-order valence-electron chi connectivity index (χ2n) is 8.56. The van der Waals surface area contributed by atoms with Crippen LogP contribution in [0.1, 0.15) is 34.8 Å². The molecule has 1 aromatic carbocycles. The normalized spacial score (nSPS) is 16.7. The van der Waals surface area contributed by atoms with Crippen LogP contribution in [0.4, 0.5) is 24.8 Å². The number of nitrogens with zero attached hydrogens (tertiary/aromatic N) is 5. The van der Waals surface area contributed by atoms with Crippen LogP contribution in [0, 0.1) is 0 Å². The van der Waals surface area contributed by atoms with E-state index in [4.69, 9.17) is 15.5 Å². The lowest BCUT2D eigenvalue weighted by Gasteiger charge is -2.31. The fraction of sp³-hybridized carbons (Fsp3) is 0.280. The molecule has 4 heterocycles. The number of nitrogens with one attached hydrogen (secondary N) is 1. The zero-order valence-electron chi connectivity index (χ0n) is 19.9. The minimum Gasteiger partial charge on any atom is -0.382 e. The van der Waals surface area contributed by atoms with E-state index in [0.29, 0.717) is 41.6 Å². The van der Waals surface area contributed by atoms with Gasteiger partial charge in [-0.3, -0.25) is 14.1 Å². The number of hydrogen-bond acceptors (Lipinski definition) is 7. The lowest BCUT2D eigenvalue weighted by Crippen LogP contribution is -2.38. The van der Waals surface area contributed by atoms with E-state index in [-0.39, 0.29) is 17.5 Å². The fourth-order valence-corrected chi connectivity index (χ4v) is 4.30. The number of rotatable bonds is 5. The van der Waals surface area contributed by atoms with Gasteiger partial charge in [0.2, 0.25) is 0 Å². The van der Waals surface area contributed by atoms with Crippen LogP contribution in [0.15, 0.2) is 55.0 Å². The van der Waals surface area contributed by atoms with Gasteiger partial charge in [0.05, 0.1) is 12.2 Å². The monoisotopic (exact) mass is 511 g/mol. The molecule has 1 aliphatic rings. The first-order valence-corrected chi connectivity index (χ1v) is 11.7. The minimum absolute atomic E-state index is 0.193. The van der Waals surface area contributed by atoms with E-state index in [1.807, 2.05) is 4.40 Å². The Bertz CT molecular complexity index is 1440. The third-order valence-electron chi connectivity index (χ3n) is 6.25. The van der Waals surface area contributed by atoms with Crippen LogP contribution in [0.25, 0.3) is 16.8 Å². The van der Waals surface area contributed by atoms with Crippen molar-refractivity contribution in [3.8, 4) is 11.3 Å². The van der Waals surface area contributed by atoms with E-state index in [9.17, 15) is 18.0 Å². The second-order valence-corrected chi connectivity index (χ2v) is 8.56. The molecule has 1 amide bonds. The van der Waals surface area contributed by atoms with E-state index >= 15 is 0 Å². The first-order chi connectivity index (χ1) is 17.7. The van der Waals surface area contributed by atoms with Gasteiger partial charge in [0.15, 0.2) is 0 Å². The summed E-state index contributed by atoms with van der Waals surface area (Å²) in [7, 11) is 0.